The summed E-state index contributed by atoms with van der Waals surface area (Å²) in [7, 11) is 0. The minimum Gasteiger partial charge on any atom is -0.372 e. The normalized spacial score (nSPS) is 20.1. The molecule has 7 heteroatoms. The predicted octanol–water partition coefficient (Wildman–Crippen LogP) is 2.98. The molecule has 33 heavy (non-hydrogen) atoms. The third kappa shape index (κ3) is 4.60. The quantitative estimate of drug-likeness (QED) is 0.761. The van der Waals surface area contributed by atoms with E-state index in [0.29, 0.717) is 26.2 Å². The Kier molecular flexibility index (Phi) is 6.31. The lowest BCUT2D eigenvalue weighted by molar-refractivity contribution is -0.130. The van der Waals surface area contributed by atoms with E-state index in [1.165, 1.54) is 24.1 Å². The van der Waals surface area contributed by atoms with E-state index in [1.54, 1.807) is 0 Å². The molecule has 4 heterocycles. The van der Waals surface area contributed by atoms with Crippen LogP contribution < -0.4 is 10.2 Å². The number of hydrogen-bond donors (Lipinski definition) is 1. The summed E-state index contributed by atoms with van der Waals surface area (Å²) >= 11 is 0. The molecule has 1 atom stereocenters. The molecule has 1 aromatic heterocycles. The van der Waals surface area contributed by atoms with Crippen LogP contribution in [0, 0.1) is 6.92 Å². The van der Waals surface area contributed by atoms with E-state index in [-0.39, 0.29) is 17.9 Å². The van der Waals surface area contributed by atoms with Gasteiger partial charge in [0.15, 0.2) is 0 Å². The molecule has 2 amide bonds. The minimum absolute atomic E-state index is 0.0468. The molecule has 0 aliphatic carbocycles. The number of ether oxygens (including phenoxy) is 1. The van der Waals surface area contributed by atoms with Crippen LogP contribution in [0.3, 0.4) is 0 Å². The van der Waals surface area contributed by atoms with Gasteiger partial charge >= 0.3 is 0 Å². The number of aromatic nitrogens is 1. The van der Waals surface area contributed by atoms with Crippen LogP contribution in [0.25, 0.3) is 0 Å². The molecule has 0 bridgehead atoms. The van der Waals surface area contributed by atoms with E-state index < -0.39 is 0 Å². The molecule has 1 aromatic carbocycles. The van der Waals surface area contributed by atoms with Gasteiger partial charge in [-0.05, 0) is 80.0 Å². The van der Waals surface area contributed by atoms with Gasteiger partial charge < -0.3 is 19.9 Å². The average Bonchev–Trinajstić information content (AvgIpc) is 3.57. The molecule has 0 saturated carbocycles. The number of anilines is 1. The van der Waals surface area contributed by atoms with Gasteiger partial charge in [0.1, 0.15) is 6.10 Å². The van der Waals surface area contributed by atoms with Crippen LogP contribution >= 0.6 is 0 Å². The van der Waals surface area contributed by atoms with E-state index >= 15 is 0 Å². The lowest BCUT2D eigenvalue weighted by Gasteiger charge is -2.31. The Labute approximate surface area is 195 Å². The fraction of sp³-hybridized carbons (Fsp3) is 0.500. The maximum atomic E-state index is 13.2. The van der Waals surface area contributed by atoms with Crippen molar-refractivity contribution in [2.45, 2.75) is 58.2 Å². The molecule has 1 unspecified atom stereocenters. The van der Waals surface area contributed by atoms with Crippen molar-refractivity contribution < 1.29 is 14.3 Å². The summed E-state index contributed by atoms with van der Waals surface area (Å²) in [6.07, 6.45) is 6.51. The molecule has 2 saturated heterocycles. The second-order valence-electron chi connectivity index (χ2n) is 9.26. The van der Waals surface area contributed by atoms with Gasteiger partial charge in [-0.15, -0.1) is 0 Å². The molecule has 1 N–H and O–H groups in total. The summed E-state index contributed by atoms with van der Waals surface area (Å²) in [6.45, 7) is 6.49. The van der Waals surface area contributed by atoms with Gasteiger partial charge in [0.05, 0.1) is 0 Å². The first-order valence-corrected chi connectivity index (χ1v) is 12.1. The predicted molar refractivity (Wildman–Crippen MR) is 126 cm³/mol. The molecule has 7 nitrogen and oxygen atoms in total. The standard InChI is InChI=1S/C26H32N4O3/c1-18-23(16-28-25(31)24-5-4-14-33-24)22-10-13-30(17-20(22)15-27-18)26(32)19-6-8-21(9-7-19)29-11-2-3-12-29/h6-9,15,24H,2-5,10-14,16-17H2,1H3,(H,28,31). The van der Waals surface area contributed by atoms with Crippen molar-refractivity contribution in [3.63, 3.8) is 0 Å². The number of aryl methyl sites for hydroxylation is 1. The van der Waals surface area contributed by atoms with E-state index in [9.17, 15) is 9.59 Å². The first-order valence-electron chi connectivity index (χ1n) is 12.1. The number of nitrogens with zero attached hydrogens (tertiary/aromatic N) is 3. The third-order valence-electron chi connectivity index (χ3n) is 7.13. The first kappa shape index (κ1) is 21.9. The second-order valence-corrected chi connectivity index (χ2v) is 9.26. The largest absolute Gasteiger partial charge is 0.372 e. The zero-order valence-electron chi connectivity index (χ0n) is 19.3. The number of nitrogens with one attached hydrogen (secondary N) is 1. The maximum Gasteiger partial charge on any atom is 0.254 e. The highest BCUT2D eigenvalue weighted by Crippen LogP contribution is 2.26. The lowest BCUT2D eigenvalue weighted by Crippen LogP contribution is -2.38. The van der Waals surface area contributed by atoms with E-state index in [2.05, 4.69) is 27.3 Å². The highest BCUT2D eigenvalue weighted by atomic mass is 16.5. The number of pyridine rings is 1. The molecule has 0 spiro atoms. The molecule has 0 radical (unpaired) electrons. The number of amides is 2. The van der Waals surface area contributed by atoms with Crippen LogP contribution in [0.4, 0.5) is 5.69 Å². The van der Waals surface area contributed by atoms with Gasteiger partial charge in [0, 0.05) is 62.5 Å². The summed E-state index contributed by atoms with van der Waals surface area (Å²) < 4.78 is 5.49. The molecule has 3 aliphatic heterocycles. The topological polar surface area (TPSA) is 74.8 Å². The van der Waals surface area contributed by atoms with Crippen LogP contribution in [0.1, 0.15) is 58.4 Å². The molecular weight excluding hydrogens is 416 g/mol. The Bertz CT molecular complexity index is 1020. The van der Waals surface area contributed by atoms with Crippen molar-refractivity contribution in [1.82, 2.24) is 15.2 Å². The number of carbonyl (C=O) groups excluding carboxylic acids is 2. The Balaban J connectivity index is 1.26. The fourth-order valence-corrected chi connectivity index (χ4v) is 5.18. The second kappa shape index (κ2) is 9.51. The maximum absolute atomic E-state index is 13.2. The van der Waals surface area contributed by atoms with Crippen molar-refractivity contribution in [3.8, 4) is 0 Å². The summed E-state index contributed by atoms with van der Waals surface area (Å²) in [5, 5.41) is 3.03. The van der Waals surface area contributed by atoms with E-state index in [1.807, 2.05) is 30.2 Å². The Hall–Kier alpha value is -2.93. The highest BCUT2D eigenvalue weighted by molar-refractivity contribution is 5.94. The average molecular weight is 449 g/mol. The van der Waals surface area contributed by atoms with Gasteiger partial charge in [0.2, 0.25) is 5.91 Å². The highest BCUT2D eigenvalue weighted by Gasteiger charge is 2.27. The van der Waals surface area contributed by atoms with Gasteiger partial charge in [-0.1, -0.05) is 0 Å². The lowest BCUT2D eigenvalue weighted by atomic mass is 9.94. The minimum atomic E-state index is -0.331. The van der Waals surface area contributed by atoms with E-state index in [4.69, 9.17) is 4.74 Å². The monoisotopic (exact) mass is 448 g/mol. The third-order valence-corrected chi connectivity index (χ3v) is 7.13. The zero-order chi connectivity index (χ0) is 22.8. The summed E-state index contributed by atoms with van der Waals surface area (Å²) in [5.74, 6) is 0.0110. The SMILES string of the molecule is Cc1ncc2c(c1CNC(=O)C1CCCO1)CCN(C(=O)c1ccc(N3CCCC3)cc1)C2. The van der Waals surface area contributed by atoms with Crippen molar-refractivity contribution in [2.75, 3.05) is 31.1 Å². The van der Waals surface area contributed by atoms with Gasteiger partial charge in [-0.25, -0.2) is 0 Å². The van der Waals surface area contributed by atoms with E-state index in [0.717, 1.165) is 54.7 Å². The molecule has 5 rings (SSSR count). The molecule has 2 aromatic rings. The van der Waals surface area contributed by atoms with Gasteiger partial charge in [-0.2, -0.15) is 0 Å². The van der Waals surface area contributed by atoms with Gasteiger partial charge in [0.25, 0.3) is 5.91 Å². The number of benzene rings is 1. The smallest absolute Gasteiger partial charge is 0.254 e. The van der Waals surface area contributed by atoms with Crippen LogP contribution in [0.15, 0.2) is 30.5 Å². The van der Waals surface area contributed by atoms with Crippen molar-refractivity contribution in [1.29, 1.82) is 0 Å². The molecule has 2 fully saturated rings. The summed E-state index contributed by atoms with van der Waals surface area (Å²) in [5.41, 5.74) is 6.20. The van der Waals surface area contributed by atoms with Gasteiger partial charge in [-0.3, -0.25) is 14.6 Å². The molecular formula is C26H32N4O3. The van der Waals surface area contributed by atoms with Crippen molar-refractivity contribution >= 4 is 17.5 Å². The van der Waals surface area contributed by atoms with Crippen LogP contribution in [-0.4, -0.2) is 54.0 Å². The van der Waals surface area contributed by atoms with Crippen LogP contribution in [0.2, 0.25) is 0 Å². The van der Waals surface area contributed by atoms with Crippen LogP contribution in [0.5, 0.6) is 0 Å². The summed E-state index contributed by atoms with van der Waals surface area (Å²) in [6, 6.07) is 8.03. The van der Waals surface area contributed by atoms with Crippen LogP contribution in [-0.2, 0) is 29.0 Å². The molecule has 174 valence electrons. The number of rotatable bonds is 5. The number of fused-ring (bicyclic) bond motifs is 1. The molecule has 3 aliphatic rings. The summed E-state index contributed by atoms with van der Waals surface area (Å²) in [4.78, 5) is 34.4. The number of carbonyl (C=O) groups is 2. The Morgan fingerprint density at radius 2 is 1.91 bits per heavy atom. The van der Waals surface area contributed by atoms with Crippen molar-refractivity contribution in [2.24, 2.45) is 0 Å². The first-order chi connectivity index (χ1) is 16.1. The Morgan fingerprint density at radius 1 is 1.12 bits per heavy atom. The zero-order valence-corrected chi connectivity index (χ0v) is 19.3. The number of hydrogen-bond acceptors (Lipinski definition) is 5. The van der Waals surface area contributed by atoms with Crippen molar-refractivity contribution in [3.05, 3.63) is 58.4 Å². The fourth-order valence-electron chi connectivity index (χ4n) is 5.18. The Morgan fingerprint density at radius 3 is 2.64 bits per heavy atom.